The van der Waals surface area contributed by atoms with Crippen molar-refractivity contribution < 1.29 is 13.9 Å². The Labute approximate surface area is 94.8 Å². The van der Waals surface area contributed by atoms with Gasteiger partial charge in [-0.05, 0) is 31.7 Å². The second kappa shape index (κ2) is 6.23. The van der Waals surface area contributed by atoms with Crippen molar-refractivity contribution >= 4 is 5.97 Å². The lowest BCUT2D eigenvalue weighted by Crippen LogP contribution is -2.26. The van der Waals surface area contributed by atoms with E-state index in [1.54, 1.807) is 19.1 Å². The van der Waals surface area contributed by atoms with E-state index >= 15 is 0 Å². The average molecular weight is 225 g/mol. The van der Waals surface area contributed by atoms with Crippen molar-refractivity contribution in [2.75, 3.05) is 20.2 Å². The lowest BCUT2D eigenvalue weighted by Gasteiger charge is -2.15. The molecule has 1 aromatic carbocycles. The minimum atomic E-state index is -0.253. The average Bonchev–Trinajstić information content (AvgIpc) is 2.21. The first-order chi connectivity index (χ1) is 7.61. The fourth-order valence-electron chi connectivity index (χ4n) is 1.38. The highest BCUT2D eigenvalue weighted by atomic mass is 19.1. The van der Waals surface area contributed by atoms with Crippen LogP contribution in [0.2, 0.25) is 0 Å². The zero-order valence-corrected chi connectivity index (χ0v) is 9.57. The van der Waals surface area contributed by atoms with Gasteiger partial charge in [-0.1, -0.05) is 12.1 Å². The van der Waals surface area contributed by atoms with Gasteiger partial charge in [0.2, 0.25) is 0 Å². The number of carbonyl (C=O) groups excluding carboxylic acids is 1. The summed E-state index contributed by atoms with van der Waals surface area (Å²) in [6.07, 6.45) is 0. The Hall–Kier alpha value is -1.42. The van der Waals surface area contributed by atoms with Gasteiger partial charge < -0.3 is 4.74 Å². The first-order valence-corrected chi connectivity index (χ1v) is 5.20. The number of nitrogens with zero attached hydrogens (tertiary/aromatic N) is 1. The van der Waals surface area contributed by atoms with E-state index in [-0.39, 0.29) is 18.3 Å². The third-order valence-electron chi connectivity index (χ3n) is 2.07. The summed E-state index contributed by atoms with van der Waals surface area (Å²) >= 11 is 0. The summed E-state index contributed by atoms with van der Waals surface area (Å²) in [7, 11) is 1.82. The van der Waals surface area contributed by atoms with E-state index in [2.05, 4.69) is 0 Å². The van der Waals surface area contributed by atoms with Crippen molar-refractivity contribution in [3.05, 3.63) is 35.6 Å². The third-order valence-corrected chi connectivity index (χ3v) is 2.07. The minimum Gasteiger partial charge on any atom is -0.465 e. The van der Waals surface area contributed by atoms with Gasteiger partial charge >= 0.3 is 5.97 Å². The van der Waals surface area contributed by atoms with Gasteiger partial charge in [0, 0.05) is 6.54 Å². The molecule has 0 heterocycles. The lowest BCUT2D eigenvalue weighted by atomic mass is 10.2. The molecule has 1 aromatic rings. The number of benzene rings is 1. The van der Waals surface area contributed by atoms with Crippen LogP contribution in [0, 0.1) is 5.82 Å². The van der Waals surface area contributed by atoms with Gasteiger partial charge in [0.1, 0.15) is 5.82 Å². The van der Waals surface area contributed by atoms with Gasteiger partial charge in [-0.3, -0.25) is 9.69 Å². The van der Waals surface area contributed by atoms with Crippen LogP contribution in [-0.4, -0.2) is 31.1 Å². The molecule has 0 bridgehead atoms. The van der Waals surface area contributed by atoms with E-state index in [0.29, 0.717) is 13.2 Å². The SMILES string of the molecule is CCOC(=O)CN(C)Cc1ccc(F)cc1. The summed E-state index contributed by atoms with van der Waals surface area (Å²) in [6.45, 7) is 3.01. The van der Waals surface area contributed by atoms with Crippen LogP contribution in [0.15, 0.2) is 24.3 Å². The molecule has 0 saturated carbocycles. The van der Waals surface area contributed by atoms with Crippen LogP contribution >= 0.6 is 0 Å². The van der Waals surface area contributed by atoms with Crippen molar-refractivity contribution in [2.24, 2.45) is 0 Å². The molecule has 0 spiro atoms. The number of hydrogen-bond acceptors (Lipinski definition) is 3. The Balaban J connectivity index is 2.42. The van der Waals surface area contributed by atoms with Crippen LogP contribution in [0.5, 0.6) is 0 Å². The smallest absolute Gasteiger partial charge is 0.320 e. The van der Waals surface area contributed by atoms with E-state index < -0.39 is 0 Å². The Bertz CT molecular complexity index is 337. The van der Waals surface area contributed by atoms with Gasteiger partial charge in [-0.2, -0.15) is 0 Å². The maximum absolute atomic E-state index is 12.6. The van der Waals surface area contributed by atoms with Crippen molar-refractivity contribution in [1.29, 1.82) is 0 Å². The third kappa shape index (κ3) is 4.40. The standard InChI is InChI=1S/C12H16FNO2/c1-3-16-12(15)9-14(2)8-10-4-6-11(13)7-5-10/h4-7H,3,8-9H2,1-2H3. The molecular weight excluding hydrogens is 209 g/mol. The van der Waals surface area contributed by atoms with Gasteiger partial charge in [-0.25, -0.2) is 4.39 Å². The molecule has 0 N–H and O–H groups in total. The molecule has 0 aromatic heterocycles. The van der Waals surface area contributed by atoms with Crippen LogP contribution in [0.4, 0.5) is 4.39 Å². The highest BCUT2D eigenvalue weighted by molar-refractivity contribution is 5.71. The van der Waals surface area contributed by atoms with E-state index in [9.17, 15) is 9.18 Å². The number of carbonyl (C=O) groups is 1. The molecule has 0 radical (unpaired) electrons. The maximum Gasteiger partial charge on any atom is 0.320 e. The zero-order chi connectivity index (χ0) is 12.0. The fourth-order valence-corrected chi connectivity index (χ4v) is 1.38. The number of rotatable bonds is 5. The van der Waals surface area contributed by atoms with Crippen molar-refractivity contribution in [3.8, 4) is 0 Å². The summed E-state index contributed by atoms with van der Waals surface area (Å²) in [5.41, 5.74) is 0.966. The molecule has 4 heteroatoms. The summed E-state index contributed by atoms with van der Waals surface area (Å²) in [4.78, 5) is 13.0. The molecule has 0 unspecified atom stereocenters. The first-order valence-electron chi connectivity index (χ1n) is 5.20. The highest BCUT2D eigenvalue weighted by Crippen LogP contribution is 2.05. The monoisotopic (exact) mass is 225 g/mol. The van der Waals surface area contributed by atoms with Crippen molar-refractivity contribution in [1.82, 2.24) is 4.90 Å². The Kier molecular flexibility index (Phi) is 4.92. The molecule has 0 aliphatic rings. The molecule has 0 fully saturated rings. The Morgan fingerprint density at radius 3 is 2.56 bits per heavy atom. The van der Waals surface area contributed by atoms with Crippen molar-refractivity contribution in [2.45, 2.75) is 13.5 Å². The van der Waals surface area contributed by atoms with Crippen molar-refractivity contribution in [3.63, 3.8) is 0 Å². The minimum absolute atomic E-state index is 0.241. The topological polar surface area (TPSA) is 29.5 Å². The molecule has 0 aliphatic heterocycles. The molecule has 3 nitrogen and oxygen atoms in total. The van der Waals surface area contributed by atoms with Crippen LogP contribution in [0.3, 0.4) is 0 Å². The van der Waals surface area contributed by atoms with Crippen LogP contribution in [0.25, 0.3) is 0 Å². The highest BCUT2D eigenvalue weighted by Gasteiger charge is 2.07. The Morgan fingerprint density at radius 1 is 1.38 bits per heavy atom. The van der Waals surface area contributed by atoms with Gasteiger partial charge in [0.05, 0.1) is 13.2 Å². The molecule has 1 rings (SSSR count). The van der Waals surface area contributed by atoms with Crippen LogP contribution in [-0.2, 0) is 16.1 Å². The molecular formula is C12H16FNO2. The molecule has 0 aliphatic carbocycles. The summed E-state index contributed by atoms with van der Waals surface area (Å²) < 4.78 is 17.5. The number of esters is 1. The fraction of sp³-hybridized carbons (Fsp3) is 0.417. The predicted molar refractivity (Wildman–Crippen MR) is 59.4 cm³/mol. The number of ether oxygens (including phenoxy) is 1. The number of hydrogen-bond donors (Lipinski definition) is 0. The molecule has 0 saturated heterocycles. The Morgan fingerprint density at radius 2 is 2.00 bits per heavy atom. The summed E-state index contributed by atoms with van der Waals surface area (Å²) in [5.74, 6) is -0.496. The summed E-state index contributed by atoms with van der Waals surface area (Å²) in [5, 5.41) is 0. The van der Waals surface area contributed by atoms with Crippen LogP contribution in [0.1, 0.15) is 12.5 Å². The van der Waals surface area contributed by atoms with Crippen LogP contribution < -0.4 is 0 Å². The number of halogens is 1. The second-order valence-electron chi connectivity index (χ2n) is 3.60. The van der Waals surface area contributed by atoms with E-state index in [1.165, 1.54) is 12.1 Å². The predicted octanol–water partition coefficient (Wildman–Crippen LogP) is 1.82. The maximum atomic E-state index is 12.6. The quantitative estimate of drug-likeness (QED) is 0.716. The summed E-state index contributed by atoms with van der Waals surface area (Å²) in [6, 6.07) is 6.23. The molecule has 0 atom stereocenters. The normalized spacial score (nSPS) is 10.5. The van der Waals surface area contributed by atoms with Gasteiger partial charge in [-0.15, -0.1) is 0 Å². The van der Waals surface area contributed by atoms with E-state index in [4.69, 9.17) is 4.74 Å². The zero-order valence-electron chi connectivity index (χ0n) is 9.57. The van der Waals surface area contributed by atoms with E-state index in [0.717, 1.165) is 5.56 Å². The number of likely N-dealkylation sites (N-methyl/N-ethyl adjacent to an activating group) is 1. The molecule has 88 valence electrons. The van der Waals surface area contributed by atoms with E-state index in [1.807, 2.05) is 11.9 Å². The lowest BCUT2D eigenvalue weighted by molar-refractivity contribution is -0.144. The second-order valence-corrected chi connectivity index (χ2v) is 3.60. The molecule has 16 heavy (non-hydrogen) atoms. The molecule has 0 amide bonds. The van der Waals surface area contributed by atoms with Gasteiger partial charge in [0.15, 0.2) is 0 Å². The largest absolute Gasteiger partial charge is 0.465 e. The first kappa shape index (κ1) is 12.6. The van der Waals surface area contributed by atoms with Gasteiger partial charge in [0.25, 0.3) is 0 Å².